The molecule has 0 unspecified atom stereocenters. The van der Waals surface area contributed by atoms with Gasteiger partial charge in [-0.3, -0.25) is 4.79 Å². The van der Waals surface area contributed by atoms with Gasteiger partial charge in [0.1, 0.15) is 5.75 Å². The molecule has 0 aliphatic rings. The van der Waals surface area contributed by atoms with Crippen molar-refractivity contribution in [3.8, 4) is 22.1 Å². The standard InChI is InChI=1S/C23H22N4O2S/c1-3-29-19-13-11-17(12-14-19)16-26(2)23(28)21-24-22(20-10-7-15-30-20)27(25-21)18-8-5-4-6-9-18/h4-15H,3,16H2,1-2H3. The summed E-state index contributed by atoms with van der Waals surface area (Å²) in [6.45, 7) is 3.03. The molecule has 0 N–H and O–H groups in total. The van der Waals surface area contributed by atoms with Crippen molar-refractivity contribution in [2.75, 3.05) is 13.7 Å². The zero-order valence-corrected chi connectivity index (χ0v) is 17.7. The Morgan fingerprint density at radius 3 is 2.50 bits per heavy atom. The van der Waals surface area contributed by atoms with Crippen molar-refractivity contribution >= 4 is 17.2 Å². The van der Waals surface area contributed by atoms with Crippen LogP contribution >= 0.6 is 11.3 Å². The molecule has 30 heavy (non-hydrogen) atoms. The maximum absolute atomic E-state index is 13.1. The van der Waals surface area contributed by atoms with Crippen molar-refractivity contribution in [2.45, 2.75) is 13.5 Å². The molecule has 0 aliphatic carbocycles. The normalized spacial score (nSPS) is 10.7. The van der Waals surface area contributed by atoms with E-state index in [2.05, 4.69) is 10.1 Å². The summed E-state index contributed by atoms with van der Waals surface area (Å²) in [6, 6.07) is 21.4. The number of benzene rings is 2. The minimum Gasteiger partial charge on any atom is -0.494 e. The van der Waals surface area contributed by atoms with E-state index < -0.39 is 0 Å². The third-order valence-electron chi connectivity index (χ3n) is 4.54. The molecule has 152 valence electrons. The Morgan fingerprint density at radius 1 is 1.07 bits per heavy atom. The number of carbonyl (C=O) groups excluding carboxylic acids is 1. The van der Waals surface area contributed by atoms with Crippen LogP contribution in [0.25, 0.3) is 16.4 Å². The number of ether oxygens (including phenoxy) is 1. The van der Waals surface area contributed by atoms with Crippen molar-refractivity contribution in [1.82, 2.24) is 19.7 Å². The minimum atomic E-state index is -0.226. The fraction of sp³-hybridized carbons (Fsp3) is 0.174. The van der Waals surface area contributed by atoms with E-state index in [4.69, 9.17) is 4.74 Å². The topological polar surface area (TPSA) is 60.2 Å². The van der Waals surface area contributed by atoms with Gasteiger partial charge in [-0.25, -0.2) is 9.67 Å². The average molecular weight is 419 g/mol. The van der Waals surface area contributed by atoms with Gasteiger partial charge in [-0.05, 0) is 48.2 Å². The first-order valence-electron chi connectivity index (χ1n) is 9.69. The molecule has 2 aromatic heterocycles. The van der Waals surface area contributed by atoms with Crippen LogP contribution in [0, 0.1) is 0 Å². The number of rotatable bonds is 7. The van der Waals surface area contributed by atoms with Gasteiger partial charge in [-0.2, -0.15) is 0 Å². The van der Waals surface area contributed by atoms with E-state index in [1.807, 2.05) is 79.0 Å². The SMILES string of the molecule is CCOc1ccc(CN(C)C(=O)c2nc(-c3cccs3)n(-c3ccccc3)n2)cc1. The van der Waals surface area contributed by atoms with Crippen molar-refractivity contribution < 1.29 is 9.53 Å². The van der Waals surface area contributed by atoms with E-state index in [0.29, 0.717) is 19.0 Å². The lowest BCUT2D eigenvalue weighted by Crippen LogP contribution is -2.27. The fourth-order valence-electron chi connectivity index (χ4n) is 3.09. The summed E-state index contributed by atoms with van der Waals surface area (Å²) in [6.07, 6.45) is 0. The molecule has 0 spiro atoms. The Hall–Kier alpha value is -3.45. The molecule has 0 saturated carbocycles. The number of aromatic nitrogens is 3. The van der Waals surface area contributed by atoms with Gasteiger partial charge in [0.25, 0.3) is 5.91 Å². The van der Waals surface area contributed by atoms with E-state index in [9.17, 15) is 4.79 Å². The number of amides is 1. The monoisotopic (exact) mass is 418 g/mol. The summed E-state index contributed by atoms with van der Waals surface area (Å²) >= 11 is 1.57. The lowest BCUT2D eigenvalue weighted by molar-refractivity contribution is 0.0773. The second-order valence-corrected chi connectivity index (χ2v) is 7.67. The number of carbonyl (C=O) groups is 1. The Labute approximate surface area is 179 Å². The number of para-hydroxylation sites is 1. The van der Waals surface area contributed by atoms with E-state index >= 15 is 0 Å². The van der Waals surface area contributed by atoms with Crippen LogP contribution in [-0.4, -0.2) is 39.2 Å². The highest BCUT2D eigenvalue weighted by atomic mass is 32.1. The lowest BCUT2D eigenvalue weighted by atomic mass is 10.2. The third-order valence-corrected chi connectivity index (χ3v) is 5.41. The van der Waals surface area contributed by atoms with Gasteiger partial charge in [0.15, 0.2) is 5.82 Å². The maximum Gasteiger partial charge on any atom is 0.293 e. The molecule has 0 saturated heterocycles. The molecule has 0 atom stereocenters. The van der Waals surface area contributed by atoms with E-state index in [1.54, 1.807) is 28.0 Å². The Balaban J connectivity index is 1.59. The summed E-state index contributed by atoms with van der Waals surface area (Å²) in [7, 11) is 1.76. The first kappa shape index (κ1) is 19.8. The van der Waals surface area contributed by atoms with Gasteiger partial charge in [-0.15, -0.1) is 16.4 Å². The molecular weight excluding hydrogens is 396 g/mol. The highest BCUT2D eigenvalue weighted by Crippen LogP contribution is 2.26. The predicted molar refractivity (Wildman–Crippen MR) is 118 cm³/mol. The van der Waals surface area contributed by atoms with Gasteiger partial charge >= 0.3 is 0 Å². The van der Waals surface area contributed by atoms with Crippen LogP contribution in [0.1, 0.15) is 23.1 Å². The predicted octanol–water partition coefficient (Wildman–Crippen LogP) is 4.67. The van der Waals surface area contributed by atoms with E-state index in [-0.39, 0.29) is 11.7 Å². The van der Waals surface area contributed by atoms with Gasteiger partial charge in [0.05, 0.1) is 17.2 Å². The van der Waals surface area contributed by atoms with E-state index in [1.165, 1.54) is 0 Å². The molecule has 0 bridgehead atoms. The largest absolute Gasteiger partial charge is 0.494 e. The van der Waals surface area contributed by atoms with Crippen molar-refractivity contribution in [3.05, 3.63) is 83.5 Å². The Morgan fingerprint density at radius 2 is 1.83 bits per heavy atom. The highest BCUT2D eigenvalue weighted by Gasteiger charge is 2.22. The van der Waals surface area contributed by atoms with Crippen LogP contribution in [0.15, 0.2) is 72.1 Å². The highest BCUT2D eigenvalue weighted by molar-refractivity contribution is 7.13. The molecule has 2 heterocycles. The van der Waals surface area contributed by atoms with Crippen LogP contribution < -0.4 is 4.74 Å². The zero-order chi connectivity index (χ0) is 20.9. The van der Waals surface area contributed by atoms with Crippen molar-refractivity contribution in [1.29, 1.82) is 0 Å². The fourth-order valence-corrected chi connectivity index (χ4v) is 3.79. The molecule has 0 fully saturated rings. The average Bonchev–Trinajstić information content (AvgIpc) is 3.45. The van der Waals surface area contributed by atoms with Crippen LogP contribution in [0.2, 0.25) is 0 Å². The Kier molecular flexibility index (Phi) is 5.90. The summed E-state index contributed by atoms with van der Waals surface area (Å²) in [5.74, 6) is 1.43. The zero-order valence-electron chi connectivity index (χ0n) is 16.9. The maximum atomic E-state index is 13.1. The number of hydrogen-bond acceptors (Lipinski definition) is 5. The van der Waals surface area contributed by atoms with Crippen LogP contribution in [0.5, 0.6) is 5.75 Å². The van der Waals surface area contributed by atoms with E-state index in [0.717, 1.165) is 21.9 Å². The molecule has 6 nitrogen and oxygen atoms in total. The summed E-state index contributed by atoms with van der Waals surface area (Å²) < 4.78 is 7.20. The number of thiophene rings is 1. The lowest BCUT2D eigenvalue weighted by Gasteiger charge is -2.15. The third kappa shape index (κ3) is 4.26. The second kappa shape index (κ2) is 8.92. The first-order valence-corrected chi connectivity index (χ1v) is 10.6. The number of nitrogens with zero attached hydrogens (tertiary/aromatic N) is 4. The molecule has 4 aromatic rings. The van der Waals surface area contributed by atoms with Crippen LogP contribution in [0.3, 0.4) is 0 Å². The Bertz CT molecular complexity index is 1110. The molecule has 4 rings (SSSR count). The van der Waals surface area contributed by atoms with Gasteiger partial charge < -0.3 is 9.64 Å². The van der Waals surface area contributed by atoms with Crippen molar-refractivity contribution in [3.63, 3.8) is 0 Å². The van der Waals surface area contributed by atoms with Crippen LogP contribution in [-0.2, 0) is 6.54 Å². The quantitative estimate of drug-likeness (QED) is 0.438. The molecule has 2 aromatic carbocycles. The summed E-state index contributed by atoms with van der Waals surface area (Å²) in [5, 5.41) is 6.52. The number of hydrogen-bond donors (Lipinski definition) is 0. The summed E-state index contributed by atoms with van der Waals surface area (Å²) in [4.78, 5) is 20.2. The molecule has 0 radical (unpaired) electrons. The van der Waals surface area contributed by atoms with Crippen LogP contribution in [0.4, 0.5) is 0 Å². The van der Waals surface area contributed by atoms with Gasteiger partial charge in [-0.1, -0.05) is 36.4 Å². The summed E-state index contributed by atoms with van der Waals surface area (Å²) in [5.41, 5.74) is 1.87. The molecule has 7 heteroatoms. The second-order valence-electron chi connectivity index (χ2n) is 6.72. The van der Waals surface area contributed by atoms with Crippen molar-refractivity contribution in [2.24, 2.45) is 0 Å². The molecule has 0 aliphatic heterocycles. The minimum absolute atomic E-state index is 0.177. The van der Waals surface area contributed by atoms with Gasteiger partial charge in [0, 0.05) is 13.6 Å². The first-order chi connectivity index (χ1) is 14.7. The smallest absolute Gasteiger partial charge is 0.293 e. The van der Waals surface area contributed by atoms with Gasteiger partial charge in [0.2, 0.25) is 5.82 Å². The molecule has 1 amide bonds. The molecular formula is C23H22N4O2S.